The summed E-state index contributed by atoms with van der Waals surface area (Å²) in [6.45, 7) is 0.730. The predicted octanol–water partition coefficient (Wildman–Crippen LogP) is 3.03. The predicted molar refractivity (Wildman–Crippen MR) is 77.4 cm³/mol. The molecule has 0 aliphatic heterocycles. The van der Waals surface area contributed by atoms with Crippen LogP contribution in [0.4, 0.5) is 0 Å². The van der Waals surface area contributed by atoms with Crippen molar-refractivity contribution in [1.29, 1.82) is 0 Å². The molecule has 2 aromatic rings. The van der Waals surface area contributed by atoms with Gasteiger partial charge in [-0.1, -0.05) is 37.5 Å². The van der Waals surface area contributed by atoms with E-state index in [0.717, 1.165) is 12.2 Å². The number of nitrogens with zero attached hydrogens (tertiary/aromatic N) is 2. The molecule has 0 spiro atoms. The Kier molecular flexibility index (Phi) is 3.38. The van der Waals surface area contributed by atoms with Gasteiger partial charge in [0.05, 0.1) is 11.9 Å². The van der Waals surface area contributed by atoms with Crippen LogP contribution in [0.1, 0.15) is 37.7 Å². The molecule has 1 saturated carbocycles. The van der Waals surface area contributed by atoms with Crippen LogP contribution in [0.3, 0.4) is 0 Å². The van der Waals surface area contributed by atoms with E-state index in [1.807, 2.05) is 29.1 Å². The number of hydrogen-bond acceptors (Lipinski definition) is 2. The fraction of sp³-hybridized carbons (Fsp3) is 0.438. The van der Waals surface area contributed by atoms with E-state index in [2.05, 4.69) is 23.4 Å². The average molecular weight is 255 g/mol. The first kappa shape index (κ1) is 12.4. The van der Waals surface area contributed by atoms with Crippen molar-refractivity contribution in [2.24, 2.45) is 5.73 Å². The van der Waals surface area contributed by atoms with Crippen molar-refractivity contribution in [1.82, 2.24) is 9.78 Å². The lowest BCUT2D eigenvalue weighted by Gasteiger charge is -2.35. The Morgan fingerprint density at radius 3 is 2.53 bits per heavy atom. The van der Waals surface area contributed by atoms with Crippen LogP contribution in [-0.2, 0) is 5.41 Å². The molecule has 100 valence electrons. The highest BCUT2D eigenvalue weighted by atomic mass is 15.3. The largest absolute Gasteiger partial charge is 0.330 e. The van der Waals surface area contributed by atoms with Gasteiger partial charge in [-0.05, 0) is 30.5 Å². The number of rotatable bonds is 3. The van der Waals surface area contributed by atoms with Gasteiger partial charge in [-0.2, -0.15) is 5.10 Å². The van der Waals surface area contributed by atoms with E-state index < -0.39 is 0 Å². The minimum Gasteiger partial charge on any atom is -0.330 e. The molecule has 0 unspecified atom stereocenters. The van der Waals surface area contributed by atoms with Gasteiger partial charge in [0, 0.05) is 18.2 Å². The Morgan fingerprint density at radius 1 is 1.11 bits per heavy atom. The van der Waals surface area contributed by atoms with Crippen LogP contribution in [0.2, 0.25) is 0 Å². The summed E-state index contributed by atoms with van der Waals surface area (Å²) in [7, 11) is 0. The normalized spacial score (nSPS) is 18.4. The highest BCUT2D eigenvalue weighted by Crippen LogP contribution is 2.38. The van der Waals surface area contributed by atoms with E-state index >= 15 is 0 Å². The lowest BCUT2D eigenvalue weighted by Crippen LogP contribution is -2.36. The summed E-state index contributed by atoms with van der Waals surface area (Å²) < 4.78 is 1.96. The zero-order valence-electron chi connectivity index (χ0n) is 11.3. The molecule has 1 aliphatic carbocycles. The molecular weight excluding hydrogens is 234 g/mol. The van der Waals surface area contributed by atoms with Gasteiger partial charge in [-0.25, -0.2) is 4.68 Å². The standard InChI is InChI=1S/C16H21N3/c17-13-16(9-5-2-6-10-16)14-11-18-19(12-14)15-7-3-1-4-8-15/h1,3-4,7-8,11-12H,2,5-6,9-10,13,17H2. The maximum atomic E-state index is 6.08. The van der Waals surface area contributed by atoms with Crippen LogP contribution in [0, 0.1) is 0 Å². The number of hydrogen-bond donors (Lipinski definition) is 1. The molecule has 2 N–H and O–H groups in total. The molecule has 0 atom stereocenters. The smallest absolute Gasteiger partial charge is 0.0645 e. The van der Waals surface area contributed by atoms with Crippen molar-refractivity contribution in [3.05, 3.63) is 48.3 Å². The first-order valence-electron chi connectivity index (χ1n) is 7.15. The molecule has 1 aromatic heterocycles. The van der Waals surface area contributed by atoms with E-state index in [-0.39, 0.29) is 5.41 Å². The van der Waals surface area contributed by atoms with E-state index in [1.54, 1.807) is 0 Å². The highest BCUT2D eigenvalue weighted by molar-refractivity contribution is 5.33. The third-order valence-electron chi connectivity index (χ3n) is 4.42. The fourth-order valence-electron chi connectivity index (χ4n) is 3.16. The Bertz CT molecular complexity index is 524. The topological polar surface area (TPSA) is 43.8 Å². The molecule has 1 aromatic carbocycles. The molecule has 0 saturated heterocycles. The lowest BCUT2D eigenvalue weighted by atomic mass is 9.70. The molecule has 19 heavy (non-hydrogen) atoms. The SMILES string of the molecule is NCC1(c2cnn(-c3ccccc3)c2)CCCCC1. The number of aromatic nitrogens is 2. The first-order chi connectivity index (χ1) is 9.34. The van der Waals surface area contributed by atoms with E-state index in [9.17, 15) is 0 Å². The van der Waals surface area contributed by atoms with Gasteiger partial charge in [0.1, 0.15) is 0 Å². The van der Waals surface area contributed by atoms with Gasteiger partial charge in [-0.3, -0.25) is 0 Å². The fourth-order valence-corrected chi connectivity index (χ4v) is 3.16. The van der Waals surface area contributed by atoms with Crippen LogP contribution in [-0.4, -0.2) is 16.3 Å². The van der Waals surface area contributed by atoms with E-state index in [4.69, 9.17) is 5.73 Å². The van der Waals surface area contributed by atoms with Crippen molar-refractivity contribution < 1.29 is 0 Å². The highest BCUT2D eigenvalue weighted by Gasteiger charge is 2.33. The second kappa shape index (κ2) is 5.17. The van der Waals surface area contributed by atoms with Crippen molar-refractivity contribution >= 4 is 0 Å². The maximum absolute atomic E-state index is 6.08. The Hall–Kier alpha value is -1.61. The molecule has 3 rings (SSSR count). The summed E-state index contributed by atoms with van der Waals surface area (Å²) in [5.74, 6) is 0. The van der Waals surface area contributed by atoms with E-state index in [0.29, 0.717) is 0 Å². The second-order valence-electron chi connectivity index (χ2n) is 5.55. The van der Waals surface area contributed by atoms with E-state index in [1.165, 1.54) is 37.7 Å². The zero-order chi connectivity index (χ0) is 13.1. The van der Waals surface area contributed by atoms with Crippen molar-refractivity contribution in [2.45, 2.75) is 37.5 Å². The Balaban J connectivity index is 1.92. The number of nitrogens with two attached hydrogens (primary N) is 1. The monoisotopic (exact) mass is 255 g/mol. The molecular formula is C16H21N3. The summed E-state index contributed by atoms with van der Waals surface area (Å²) in [6.07, 6.45) is 10.5. The quantitative estimate of drug-likeness (QED) is 0.916. The van der Waals surface area contributed by atoms with Gasteiger partial charge < -0.3 is 5.73 Å². The van der Waals surface area contributed by atoms with Crippen LogP contribution in [0.15, 0.2) is 42.7 Å². The van der Waals surface area contributed by atoms with Crippen LogP contribution < -0.4 is 5.73 Å². The molecule has 0 radical (unpaired) electrons. The third-order valence-corrected chi connectivity index (χ3v) is 4.42. The molecule has 1 fully saturated rings. The number of benzene rings is 1. The zero-order valence-corrected chi connectivity index (χ0v) is 11.3. The average Bonchev–Trinajstić information content (AvgIpc) is 2.99. The molecule has 3 nitrogen and oxygen atoms in total. The lowest BCUT2D eigenvalue weighted by molar-refractivity contribution is 0.301. The summed E-state index contributed by atoms with van der Waals surface area (Å²) in [4.78, 5) is 0. The van der Waals surface area contributed by atoms with Gasteiger partial charge in [0.25, 0.3) is 0 Å². The van der Waals surface area contributed by atoms with Crippen LogP contribution >= 0.6 is 0 Å². The molecule has 1 heterocycles. The molecule has 3 heteroatoms. The van der Waals surface area contributed by atoms with Crippen molar-refractivity contribution in [3.63, 3.8) is 0 Å². The van der Waals surface area contributed by atoms with Gasteiger partial charge in [-0.15, -0.1) is 0 Å². The summed E-state index contributed by atoms with van der Waals surface area (Å²) in [5.41, 5.74) is 8.65. The van der Waals surface area contributed by atoms with Crippen molar-refractivity contribution in [2.75, 3.05) is 6.54 Å². The first-order valence-corrected chi connectivity index (χ1v) is 7.15. The Labute approximate surface area is 114 Å². The number of para-hydroxylation sites is 1. The van der Waals surface area contributed by atoms with Gasteiger partial charge in [0.2, 0.25) is 0 Å². The van der Waals surface area contributed by atoms with Crippen LogP contribution in [0.25, 0.3) is 5.69 Å². The summed E-state index contributed by atoms with van der Waals surface area (Å²) in [5, 5.41) is 4.52. The second-order valence-corrected chi connectivity index (χ2v) is 5.55. The van der Waals surface area contributed by atoms with Gasteiger partial charge >= 0.3 is 0 Å². The van der Waals surface area contributed by atoms with Gasteiger partial charge in [0.15, 0.2) is 0 Å². The third kappa shape index (κ3) is 2.30. The minimum absolute atomic E-state index is 0.158. The van der Waals surface area contributed by atoms with Crippen LogP contribution in [0.5, 0.6) is 0 Å². The van der Waals surface area contributed by atoms with Crippen molar-refractivity contribution in [3.8, 4) is 5.69 Å². The maximum Gasteiger partial charge on any atom is 0.0645 e. The summed E-state index contributed by atoms with van der Waals surface area (Å²) >= 11 is 0. The molecule has 0 amide bonds. The Morgan fingerprint density at radius 2 is 1.84 bits per heavy atom. The molecule has 1 aliphatic rings. The minimum atomic E-state index is 0.158. The summed E-state index contributed by atoms with van der Waals surface area (Å²) in [6, 6.07) is 10.3. The molecule has 0 bridgehead atoms.